The van der Waals surface area contributed by atoms with Crippen molar-refractivity contribution in [3.8, 4) is 5.75 Å². The Bertz CT molecular complexity index is 356. The Morgan fingerprint density at radius 3 is 2.47 bits per heavy atom. The molecular formula is C16H26N2O. The SMILES string of the molecule is COc1ccc(CN2CCC(CCCN)CC2)cc1. The van der Waals surface area contributed by atoms with Crippen molar-refractivity contribution in [2.75, 3.05) is 26.7 Å². The molecular weight excluding hydrogens is 236 g/mol. The molecule has 0 saturated carbocycles. The second kappa shape index (κ2) is 7.51. The van der Waals surface area contributed by atoms with Crippen LogP contribution in [-0.2, 0) is 6.54 Å². The highest BCUT2D eigenvalue weighted by molar-refractivity contribution is 5.27. The molecule has 2 rings (SSSR count). The Balaban J connectivity index is 1.75. The van der Waals surface area contributed by atoms with Gasteiger partial charge < -0.3 is 10.5 Å². The molecule has 0 unspecified atom stereocenters. The molecule has 0 atom stereocenters. The van der Waals surface area contributed by atoms with E-state index in [-0.39, 0.29) is 0 Å². The van der Waals surface area contributed by atoms with Crippen LogP contribution in [0.5, 0.6) is 5.75 Å². The Kier molecular flexibility index (Phi) is 5.67. The summed E-state index contributed by atoms with van der Waals surface area (Å²) in [4.78, 5) is 2.56. The zero-order valence-corrected chi connectivity index (χ0v) is 12.0. The first-order valence-corrected chi connectivity index (χ1v) is 7.37. The molecule has 1 heterocycles. The molecule has 0 aromatic heterocycles. The highest BCUT2D eigenvalue weighted by Gasteiger charge is 2.18. The predicted octanol–water partition coefficient (Wildman–Crippen LogP) is 2.65. The van der Waals surface area contributed by atoms with E-state index in [0.29, 0.717) is 0 Å². The minimum absolute atomic E-state index is 0.839. The first kappa shape index (κ1) is 14.4. The van der Waals surface area contributed by atoms with E-state index in [9.17, 15) is 0 Å². The molecule has 1 aromatic carbocycles. The molecule has 3 nitrogen and oxygen atoms in total. The Morgan fingerprint density at radius 2 is 1.89 bits per heavy atom. The number of rotatable bonds is 6. The van der Waals surface area contributed by atoms with E-state index in [1.54, 1.807) is 7.11 Å². The van der Waals surface area contributed by atoms with Crippen molar-refractivity contribution in [1.29, 1.82) is 0 Å². The molecule has 0 bridgehead atoms. The molecule has 106 valence electrons. The van der Waals surface area contributed by atoms with Gasteiger partial charge in [0.15, 0.2) is 0 Å². The van der Waals surface area contributed by atoms with Gasteiger partial charge in [0.2, 0.25) is 0 Å². The molecule has 0 aliphatic carbocycles. The Morgan fingerprint density at radius 1 is 1.21 bits per heavy atom. The number of hydrogen-bond acceptors (Lipinski definition) is 3. The van der Waals surface area contributed by atoms with Crippen LogP contribution in [0.25, 0.3) is 0 Å². The van der Waals surface area contributed by atoms with Crippen molar-refractivity contribution in [3.05, 3.63) is 29.8 Å². The lowest BCUT2D eigenvalue weighted by atomic mass is 9.92. The lowest BCUT2D eigenvalue weighted by Gasteiger charge is -2.32. The van der Waals surface area contributed by atoms with Crippen LogP contribution < -0.4 is 10.5 Å². The maximum absolute atomic E-state index is 5.58. The van der Waals surface area contributed by atoms with Gasteiger partial charge in [-0.3, -0.25) is 4.90 Å². The van der Waals surface area contributed by atoms with Gasteiger partial charge in [0.1, 0.15) is 5.75 Å². The first-order chi connectivity index (χ1) is 9.31. The fourth-order valence-electron chi connectivity index (χ4n) is 2.83. The lowest BCUT2D eigenvalue weighted by molar-refractivity contribution is 0.171. The van der Waals surface area contributed by atoms with Crippen molar-refractivity contribution in [3.63, 3.8) is 0 Å². The molecule has 1 saturated heterocycles. The van der Waals surface area contributed by atoms with Crippen molar-refractivity contribution < 1.29 is 4.74 Å². The highest BCUT2D eigenvalue weighted by atomic mass is 16.5. The molecule has 1 fully saturated rings. The summed E-state index contributed by atoms with van der Waals surface area (Å²) in [5.74, 6) is 1.83. The van der Waals surface area contributed by atoms with Gasteiger partial charge in [-0.15, -0.1) is 0 Å². The second-order valence-corrected chi connectivity index (χ2v) is 5.50. The Hall–Kier alpha value is -1.06. The summed E-state index contributed by atoms with van der Waals surface area (Å²) in [6, 6.07) is 8.42. The van der Waals surface area contributed by atoms with E-state index in [1.807, 2.05) is 12.1 Å². The number of hydrogen-bond donors (Lipinski definition) is 1. The molecule has 2 N–H and O–H groups in total. The summed E-state index contributed by atoms with van der Waals surface area (Å²) in [7, 11) is 1.71. The van der Waals surface area contributed by atoms with Crippen LogP contribution in [0.3, 0.4) is 0 Å². The van der Waals surface area contributed by atoms with Crippen LogP contribution in [0.2, 0.25) is 0 Å². The van der Waals surface area contributed by atoms with Crippen molar-refractivity contribution in [2.45, 2.75) is 32.2 Å². The number of likely N-dealkylation sites (tertiary alicyclic amines) is 1. The zero-order valence-electron chi connectivity index (χ0n) is 12.0. The normalized spacial score (nSPS) is 17.6. The van der Waals surface area contributed by atoms with Gasteiger partial charge in [0.25, 0.3) is 0 Å². The molecule has 19 heavy (non-hydrogen) atoms. The summed E-state index contributed by atoms with van der Waals surface area (Å²) in [6.07, 6.45) is 5.16. The monoisotopic (exact) mass is 262 g/mol. The Labute approximate surface area is 116 Å². The van der Waals surface area contributed by atoms with Crippen molar-refractivity contribution >= 4 is 0 Å². The number of nitrogens with zero attached hydrogens (tertiary/aromatic N) is 1. The summed E-state index contributed by atoms with van der Waals surface area (Å²) >= 11 is 0. The molecule has 1 aliphatic heterocycles. The summed E-state index contributed by atoms with van der Waals surface area (Å²) in [6.45, 7) is 4.35. The quantitative estimate of drug-likeness (QED) is 0.856. The average molecular weight is 262 g/mol. The van der Waals surface area contributed by atoms with Gasteiger partial charge in [0.05, 0.1) is 7.11 Å². The maximum Gasteiger partial charge on any atom is 0.118 e. The van der Waals surface area contributed by atoms with E-state index in [4.69, 9.17) is 10.5 Å². The topological polar surface area (TPSA) is 38.5 Å². The highest BCUT2D eigenvalue weighted by Crippen LogP contribution is 2.23. The van der Waals surface area contributed by atoms with Crippen LogP contribution in [-0.4, -0.2) is 31.6 Å². The number of benzene rings is 1. The predicted molar refractivity (Wildman–Crippen MR) is 79.3 cm³/mol. The van der Waals surface area contributed by atoms with Gasteiger partial charge in [-0.2, -0.15) is 0 Å². The standard InChI is InChI=1S/C16H26N2O/c1-19-16-6-4-15(5-7-16)13-18-11-8-14(9-12-18)3-2-10-17/h4-7,14H,2-3,8-13,17H2,1H3. The minimum Gasteiger partial charge on any atom is -0.497 e. The smallest absolute Gasteiger partial charge is 0.118 e. The summed E-state index contributed by atoms with van der Waals surface area (Å²) < 4.78 is 5.19. The van der Waals surface area contributed by atoms with Crippen LogP contribution in [0, 0.1) is 5.92 Å². The fourth-order valence-corrected chi connectivity index (χ4v) is 2.83. The van der Waals surface area contributed by atoms with Crippen molar-refractivity contribution in [1.82, 2.24) is 4.90 Å². The van der Waals surface area contributed by atoms with Gasteiger partial charge >= 0.3 is 0 Å². The average Bonchev–Trinajstić information content (AvgIpc) is 2.47. The molecule has 3 heteroatoms. The largest absolute Gasteiger partial charge is 0.497 e. The molecule has 0 radical (unpaired) electrons. The second-order valence-electron chi connectivity index (χ2n) is 5.50. The minimum atomic E-state index is 0.839. The number of ether oxygens (including phenoxy) is 1. The molecule has 1 aromatic rings. The fraction of sp³-hybridized carbons (Fsp3) is 0.625. The third-order valence-corrected chi connectivity index (χ3v) is 4.09. The third-order valence-electron chi connectivity index (χ3n) is 4.09. The van der Waals surface area contributed by atoms with Crippen LogP contribution in [0.15, 0.2) is 24.3 Å². The third kappa shape index (κ3) is 4.51. The van der Waals surface area contributed by atoms with Gasteiger partial charge in [-0.05, 0) is 68.9 Å². The number of methoxy groups -OCH3 is 1. The first-order valence-electron chi connectivity index (χ1n) is 7.37. The van der Waals surface area contributed by atoms with Gasteiger partial charge in [-0.1, -0.05) is 12.1 Å². The maximum atomic E-state index is 5.58. The van der Waals surface area contributed by atoms with E-state index in [1.165, 1.54) is 44.3 Å². The van der Waals surface area contributed by atoms with Gasteiger partial charge in [-0.25, -0.2) is 0 Å². The number of piperidine rings is 1. The van der Waals surface area contributed by atoms with E-state index < -0.39 is 0 Å². The molecule has 0 amide bonds. The molecule has 1 aliphatic rings. The molecule has 0 spiro atoms. The van der Waals surface area contributed by atoms with Crippen molar-refractivity contribution in [2.24, 2.45) is 11.7 Å². The van der Waals surface area contributed by atoms with Crippen LogP contribution >= 0.6 is 0 Å². The summed E-state index contributed by atoms with van der Waals surface area (Å²) in [5, 5.41) is 0. The van der Waals surface area contributed by atoms with Gasteiger partial charge in [0, 0.05) is 6.54 Å². The van der Waals surface area contributed by atoms with E-state index in [0.717, 1.165) is 24.8 Å². The van der Waals surface area contributed by atoms with E-state index in [2.05, 4.69) is 17.0 Å². The van der Waals surface area contributed by atoms with Crippen LogP contribution in [0.4, 0.5) is 0 Å². The lowest BCUT2D eigenvalue weighted by Crippen LogP contribution is -2.33. The number of nitrogens with two attached hydrogens (primary N) is 1. The summed E-state index contributed by atoms with van der Waals surface area (Å²) in [5.41, 5.74) is 6.95. The van der Waals surface area contributed by atoms with E-state index >= 15 is 0 Å². The van der Waals surface area contributed by atoms with Crippen LogP contribution in [0.1, 0.15) is 31.2 Å². The zero-order chi connectivity index (χ0) is 13.5.